The van der Waals surface area contributed by atoms with Crippen molar-refractivity contribution in [2.45, 2.75) is 13.8 Å². The summed E-state index contributed by atoms with van der Waals surface area (Å²) in [5, 5.41) is 13.1. The number of nitrogens with zero attached hydrogens (tertiary/aromatic N) is 1. The predicted molar refractivity (Wildman–Crippen MR) is 87.7 cm³/mol. The minimum atomic E-state index is -0.282. The second-order valence-electron chi connectivity index (χ2n) is 5.55. The van der Waals surface area contributed by atoms with E-state index >= 15 is 0 Å². The molecule has 3 aromatic rings. The zero-order valence-electron chi connectivity index (χ0n) is 12.6. The zero-order valence-corrected chi connectivity index (χ0v) is 12.6. The summed E-state index contributed by atoms with van der Waals surface area (Å²) in [5.74, 6) is -0.282. The fourth-order valence-electron chi connectivity index (χ4n) is 2.68. The molecule has 0 unspecified atom stereocenters. The molecule has 0 spiro atoms. The van der Waals surface area contributed by atoms with Crippen molar-refractivity contribution in [1.82, 2.24) is 0 Å². The third-order valence-electron chi connectivity index (χ3n) is 3.77. The predicted octanol–water partition coefficient (Wildman–Crippen LogP) is 4.62. The highest BCUT2D eigenvalue weighted by atomic mass is 19.1. The van der Waals surface area contributed by atoms with Gasteiger partial charge in [-0.15, -0.1) is 0 Å². The first-order chi connectivity index (χ1) is 10.5. The van der Waals surface area contributed by atoms with Gasteiger partial charge in [0.1, 0.15) is 5.82 Å². The van der Waals surface area contributed by atoms with Crippen molar-refractivity contribution in [3.8, 4) is 11.1 Å². The maximum Gasteiger partial charge on any atom is 0.224 e. The number of aromatic nitrogens is 1. The average Bonchev–Trinajstić information content (AvgIpc) is 2.48. The summed E-state index contributed by atoms with van der Waals surface area (Å²) in [6, 6.07) is 12.1. The molecule has 0 aliphatic heterocycles. The van der Waals surface area contributed by atoms with Crippen LogP contribution in [0.25, 0.3) is 27.6 Å². The third kappa shape index (κ3) is 2.35. The van der Waals surface area contributed by atoms with E-state index in [1.54, 1.807) is 18.3 Å². The lowest BCUT2D eigenvalue weighted by Gasteiger charge is -2.14. The van der Waals surface area contributed by atoms with Gasteiger partial charge >= 0.3 is 0 Å². The summed E-state index contributed by atoms with van der Waals surface area (Å²) in [4.78, 5) is 0. The smallest absolute Gasteiger partial charge is 0.224 e. The van der Waals surface area contributed by atoms with Crippen LogP contribution in [0.15, 0.2) is 55.2 Å². The Kier molecular flexibility index (Phi) is 3.41. The summed E-state index contributed by atoms with van der Waals surface area (Å²) < 4.78 is 14.1. The zero-order chi connectivity index (χ0) is 15.9. The van der Waals surface area contributed by atoms with Crippen LogP contribution < -0.4 is 4.73 Å². The van der Waals surface area contributed by atoms with E-state index in [0.717, 1.165) is 37.9 Å². The van der Waals surface area contributed by atoms with Gasteiger partial charge < -0.3 is 5.21 Å². The molecule has 0 radical (unpaired) electrons. The van der Waals surface area contributed by atoms with Gasteiger partial charge in [-0.3, -0.25) is 0 Å². The van der Waals surface area contributed by atoms with Gasteiger partial charge in [0, 0.05) is 11.6 Å². The second-order valence-corrected chi connectivity index (χ2v) is 5.55. The van der Waals surface area contributed by atoms with Crippen LogP contribution in [-0.2, 0) is 0 Å². The first-order valence-corrected chi connectivity index (χ1v) is 7.05. The van der Waals surface area contributed by atoms with E-state index < -0.39 is 0 Å². The number of aryl methyl sites for hydroxylation is 1. The van der Waals surface area contributed by atoms with Crippen LogP contribution in [0.3, 0.4) is 0 Å². The van der Waals surface area contributed by atoms with Crippen LogP contribution >= 0.6 is 0 Å². The standard InChI is InChI=1S/C19H16FNO/c1-12(2)17-11-21(22)18-10-13(3)4-9-16(18)19(17)14-5-7-15(20)8-6-14/h4-11H,1H2,2-3H3. The number of hydrogen-bond donors (Lipinski definition) is 0. The van der Waals surface area contributed by atoms with Gasteiger partial charge in [-0.25, -0.2) is 4.39 Å². The molecule has 3 rings (SSSR count). The fourth-order valence-corrected chi connectivity index (χ4v) is 2.68. The van der Waals surface area contributed by atoms with Crippen molar-refractivity contribution >= 4 is 16.5 Å². The number of allylic oxidation sites excluding steroid dienone is 1. The number of hydrogen-bond acceptors (Lipinski definition) is 1. The molecule has 1 aromatic heterocycles. The van der Waals surface area contributed by atoms with E-state index in [1.807, 2.05) is 32.0 Å². The Labute approximate surface area is 128 Å². The summed E-state index contributed by atoms with van der Waals surface area (Å²) in [6.45, 7) is 7.78. The topological polar surface area (TPSA) is 26.9 Å². The summed E-state index contributed by atoms with van der Waals surface area (Å²) in [6.07, 6.45) is 1.54. The van der Waals surface area contributed by atoms with E-state index in [9.17, 15) is 9.60 Å². The molecule has 3 heteroatoms. The highest BCUT2D eigenvalue weighted by Gasteiger charge is 2.17. The molecular formula is C19H16FNO. The molecule has 0 amide bonds. The maximum atomic E-state index is 13.2. The third-order valence-corrected chi connectivity index (χ3v) is 3.77. The van der Waals surface area contributed by atoms with Crippen molar-refractivity contribution in [1.29, 1.82) is 0 Å². The lowest BCUT2D eigenvalue weighted by molar-refractivity contribution is -0.577. The van der Waals surface area contributed by atoms with E-state index in [0.29, 0.717) is 5.52 Å². The molecule has 2 aromatic carbocycles. The molecule has 1 heterocycles. The first-order valence-electron chi connectivity index (χ1n) is 7.05. The van der Waals surface area contributed by atoms with Crippen LogP contribution in [0.1, 0.15) is 18.1 Å². The lowest BCUT2D eigenvalue weighted by Crippen LogP contribution is -2.27. The number of pyridine rings is 1. The molecule has 2 nitrogen and oxygen atoms in total. The Morgan fingerprint density at radius 1 is 1.14 bits per heavy atom. The molecule has 0 saturated heterocycles. The van der Waals surface area contributed by atoms with Gasteiger partial charge in [0.2, 0.25) is 5.52 Å². The Bertz CT molecular complexity index is 882. The van der Waals surface area contributed by atoms with E-state index in [1.165, 1.54) is 12.1 Å². The van der Waals surface area contributed by atoms with Crippen LogP contribution in [-0.4, -0.2) is 0 Å². The lowest BCUT2D eigenvalue weighted by atomic mass is 9.93. The fraction of sp³-hybridized carbons (Fsp3) is 0.105. The molecule has 110 valence electrons. The molecular weight excluding hydrogens is 277 g/mol. The maximum absolute atomic E-state index is 13.2. The largest absolute Gasteiger partial charge is 0.618 e. The van der Waals surface area contributed by atoms with Crippen LogP contribution in [0.4, 0.5) is 4.39 Å². The number of rotatable bonds is 2. The van der Waals surface area contributed by atoms with E-state index in [4.69, 9.17) is 0 Å². The summed E-state index contributed by atoms with van der Waals surface area (Å²) in [7, 11) is 0. The monoisotopic (exact) mass is 293 g/mol. The first kappa shape index (κ1) is 14.3. The Hall–Kier alpha value is -2.68. The quantitative estimate of drug-likeness (QED) is 0.500. The molecule has 0 aliphatic carbocycles. The van der Waals surface area contributed by atoms with Crippen LogP contribution in [0.5, 0.6) is 0 Å². The van der Waals surface area contributed by atoms with Gasteiger partial charge in [-0.2, -0.15) is 4.73 Å². The SMILES string of the molecule is C=C(C)c1c[n+]([O-])c2cc(C)ccc2c1-c1ccc(F)cc1. The Balaban J connectivity index is 2.44. The van der Waals surface area contributed by atoms with Crippen LogP contribution in [0.2, 0.25) is 0 Å². The molecule has 22 heavy (non-hydrogen) atoms. The van der Waals surface area contributed by atoms with Gasteiger partial charge in [0.25, 0.3) is 0 Å². The van der Waals surface area contributed by atoms with Gasteiger partial charge in [0.15, 0.2) is 6.20 Å². The molecule has 0 aliphatic rings. The van der Waals surface area contributed by atoms with Crippen molar-refractivity contribution in [2.24, 2.45) is 0 Å². The number of fused-ring (bicyclic) bond motifs is 1. The summed E-state index contributed by atoms with van der Waals surface area (Å²) in [5.41, 5.74) is 4.97. The molecule has 0 N–H and O–H groups in total. The van der Waals surface area contributed by atoms with Crippen LogP contribution in [0, 0.1) is 17.9 Å². The molecule has 0 atom stereocenters. The van der Waals surface area contributed by atoms with Crippen molar-refractivity contribution in [3.63, 3.8) is 0 Å². The molecule has 0 bridgehead atoms. The normalized spacial score (nSPS) is 10.9. The van der Waals surface area contributed by atoms with Gasteiger partial charge in [-0.05, 0) is 48.7 Å². The van der Waals surface area contributed by atoms with E-state index in [-0.39, 0.29) is 5.82 Å². The van der Waals surface area contributed by atoms with Crippen molar-refractivity contribution in [3.05, 3.63) is 77.4 Å². The van der Waals surface area contributed by atoms with Gasteiger partial charge in [0.05, 0.1) is 10.9 Å². The minimum Gasteiger partial charge on any atom is -0.618 e. The van der Waals surface area contributed by atoms with Gasteiger partial charge in [-0.1, -0.05) is 24.8 Å². The molecule has 0 saturated carbocycles. The number of benzene rings is 2. The number of halogens is 1. The Morgan fingerprint density at radius 3 is 2.45 bits per heavy atom. The minimum absolute atomic E-state index is 0.282. The average molecular weight is 293 g/mol. The molecule has 0 fully saturated rings. The summed E-state index contributed by atoms with van der Waals surface area (Å²) >= 11 is 0. The van der Waals surface area contributed by atoms with E-state index in [2.05, 4.69) is 6.58 Å². The Morgan fingerprint density at radius 2 is 1.82 bits per heavy atom. The highest BCUT2D eigenvalue weighted by molar-refractivity contribution is 5.98. The second kappa shape index (κ2) is 5.26. The van der Waals surface area contributed by atoms with Crippen molar-refractivity contribution < 1.29 is 9.12 Å². The van der Waals surface area contributed by atoms with Crippen molar-refractivity contribution in [2.75, 3.05) is 0 Å². The highest BCUT2D eigenvalue weighted by Crippen LogP contribution is 2.34.